The molecule has 17 heavy (non-hydrogen) atoms. The van der Waals surface area contributed by atoms with Gasteiger partial charge in [0.15, 0.2) is 6.29 Å². The maximum atomic E-state index is 10.7. The molecule has 0 spiro atoms. The van der Waals surface area contributed by atoms with Crippen LogP contribution < -0.4 is 0 Å². The molecule has 0 aromatic heterocycles. The Morgan fingerprint density at radius 2 is 2.06 bits per heavy atom. The first-order valence-corrected chi connectivity index (χ1v) is 5.96. The van der Waals surface area contributed by atoms with Crippen molar-refractivity contribution in [3.63, 3.8) is 0 Å². The zero-order valence-electron chi connectivity index (χ0n) is 8.88. The summed E-state index contributed by atoms with van der Waals surface area (Å²) in [5.41, 5.74) is 0.0125. The summed E-state index contributed by atoms with van der Waals surface area (Å²) >= 11 is 9.68. The highest BCUT2D eigenvalue weighted by atomic mass is 35.5. The second-order valence-electron chi connectivity index (χ2n) is 3.58. The Labute approximate surface area is 109 Å². The van der Waals surface area contributed by atoms with Gasteiger partial charge in [-0.05, 0) is 24.3 Å². The number of phenolic OH excluding ortho intramolecular Hbond substituents is 1. The molecule has 4 nitrogen and oxygen atoms in total. The number of aldehydes is 1. The number of benzene rings is 1. The Kier molecular flexibility index (Phi) is 5.27. The van der Waals surface area contributed by atoms with E-state index in [0.717, 1.165) is 0 Å². The van der Waals surface area contributed by atoms with E-state index < -0.39 is 12.2 Å². The zero-order valence-corrected chi connectivity index (χ0v) is 10.5. The second kappa shape index (κ2) is 6.26. The molecule has 2 atom stereocenters. The Hall–Kier alpha value is -0.750. The number of carbonyl (C=O) groups is 1. The summed E-state index contributed by atoms with van der Waals surface area (Å²) in [6.45, 7) is 0. The minimum absolute atomic E-state index is 0.0235. The zero-order chi connectivity index (χ0) is 13.0. The van der Waals surface area contributed by atoms with E-state index in [2.05, 4.69) is 12.6 Å². The highest BCUT2D eigenvalue weighted by molar-refractivity contribution is 7.80. The van der Waals surface area contributed by atoms with Gasteiger partial charge in [0.25, 0.3) is 0 Å². The van der Waals surface area contributed by atoms with Crippen LogP contribution in [0.4, 0.5) is 0 Å². The van der Waals surface area contributed by atoms with E-state index in [1.165, 1.54) is 12.1 Å². The molecule has 6 heteroatoms. The first-order chi connectivity index (χ1) is 8.01. The van der Waals surface area contributed by atoms with E-state index in [0.29, 0.717) is 12.0 Å². The van der Waals surface area contributed by atoms with Crippen LogP contribution in [0.15, 0.2) is 12.1 Å². The van der Waals surface area contributed by atoms with Gasteiger partial charge in [0.05, 0.1) is 11.7 Å². The van der Waals surface area contributed by atoms with Crippen LogP contribution in [0.25, 0.3) is 0 Å². The number of phenols is 1. The van der Waals surface area contributed by atoms with Crippen LogP contribution >= 0.6 is 24.2 Å². The smallest absolute Gasteiger partial charge is 0.153 e. The molecule has 3 N–H and O–H groups in total. The van der Waals surface area contributed by atoms with Crippen molar-refractivity contribution in [1.82, 2.24) is 0 Å². The van der Waals surface area contributed by atoms with Crippen molar-refractivity contribution in [3.8, 4) is 5.75 Å². The third-order valence-corrected chi connectivity index (χ3v) is 2.85. The van der Waals surface area contributed by atoms with Gasteiger partial charge in [0, 0.05) is 10.6 Å². The van der Waals surface area contributed by atoms with Gasteiger partial charge >= 0.3 is 0 Å². The van der Waals surface area contributed by atoms with Crippen LogP contribution in [0.3, 0.4) is 0 Å². The number of aliphatic hydroxyl groups is 2. The number of aromatic hydroxyl groups is 1. The topological polar surface area (TPSA) is 77.8 Å². The van der Waals surface area contributed by atoms with Gasteiger partial charge in [0.1, 0.15) is 11.9 Å². The number of carbonyl (C=O) groups excluding carboxylic acids is 1. The third kappa shape index (κ3) is 3.35. The van der Waals surface area contributed by atoms with Gasteiger partial charge < -0.3 is 15.3 Å². The van der Waals surface area contributed by atoms with Crippen molar-refractivity contribution >= 4 is 30.5 Å². The van der Waals surface area contributed by atoms with Gasteiger partial charge in [0.2, 0.25) is 0 Å². The molecular weight excluding hydrogens is 264 g/mol. The van der Waals surface area contributed by atoms with Crippen molar-refractivity contribution < 1.29 is 20.1 Å². The molecule has 0 aliphatic carbocycles. The molecule has 0 amide bonds. The molecule has 0 saturated heterocycles. The standard InChI is InChI=1S/C11H13ClO4S/c12-7-3-6(5-13)10(15)8(4-7)11(16)9(14)1-2-17/h3-5,9,11,14-17H,1-2H2. The average Bonchev–Trinajstić information content (AvgIpc) is 2.31. The van der Waals surface area contributed by atoms with Crippen LogP contribution in [0.2, 0.25) is 5.02 Å². The molecule has 1 aromatic rings. The molecule has 94 valence electrons. The average molecular weight is 277 g/mol. The molecule has 0 aliphatic heterocycles. The summed E-state index contributed by atoms with van der Waals surface area (Å²) in [6, 6.07) is 2.60. The van der Waals surface area contributed by atoms with Crippen molar-refractivity contribution in [2.45, 2.75) is 18.6 Å². The maximum absolute atomic E-state index is 10.7. The van der Waals surface area contributed by atoms with Crippen molar-refractivity contribution in [1.29, 1.82) is 0 Å². The lowest BCUT2D eigenvalue weighted by molar-refractivity contribution is 0.0159. The number of thiol groups is 1. The SMILES string of the molecule is O=Cc1cc(Cl)cc(C(O)C(O)CCS)c1O. The fraction of sp³-hybridized carbons (Fsp3) is 0.364. The van der Waals surface area contributed by atoms with E-state index in [1.54, 1.807) is 0 Å². The predicted molar refractivity (Wildman–Crippen MR) is 67.9 cm³/mol. The Balaban J connectivity index is 3.12. The summed E-state index contributed by atoms with van der Waals surface area (Å²) in [5.74, 6) is 0.0233. The van der Waals surface area contributed by atoms with Crippen LogP contribution in [-0.4, -0.2) is 33.5 Å². The number of rotatable bonds is 5. The quantitative estimate of drug-likeness (QED) is 0.486. The number of aliphatic hydroxyl groups excluding tert-OH is 2. The molecule has 0 aliphatic rings. The molecule has 0 bridgehead atoms. The van der Waals surface area contributed by atoms with Crippen LogP contribution in [0.1, 0.15) is 28.4 Å². The minimum Gasteiger partial charge on any atom is -0.507 e. The molecular formula is C11H13ClO4S. The molecule has 0 radical (unpaired) electrons. The molecule has 2 unspecified atom stereocenters. The van der Waals surface area contributed by atoms with E-state index >= 15 is 0 Å². The fourth-order valence-corrected chi connectivity index (χ4v) is 1.95. The number of hydrogen-bond donors (Lipinski definition) is 4. The molecule has 0 saturated carbocycles. The van der Waals surface area contributed by atoms with E-state index in [9.17, 15) is 20.1 Å². The van der Waals surface area contributed by atoms with E-state index in [4.69, 9.17) is 11.6 Å². The van der Waals surface area contributed by atoms with Crippen LogP contribution in [-0.2, 0) is 0 Å². The van der Waals surface area contributed by atoms with Gasteiger partial charge in [-0.25, -0.2) is 0 Å². The molecule has 0 fully saturated rings. The second-order valence-corrected chi connectivity index (χ2v) is 4.46. The van der Waals surface area contributed by atoms with Gasteiger partial charge in [-0.15, -0.1) is 0 Å². The van der Waals surface area contributed by atoms with Crippen molar-refractivity contribution in [3.05, 3.63) is 28.3 Å². The minimum atomic E-state index is -1.31. The first kappa shape index (κ1) is 14.3. The Bertz CT molecular complexity index is 411. The summed E-state index contributed by atoms with van der Waals surface area (Å²) in [6.07, 6.45) is -1.69. The van der Waals surface area contributed by atoms with Crippen molar-refractivity contribution in [2.24, 2.45) is 0 Å². The van der Waals surface area contributed by atoms with Gasteiger partial charge in [-0.2, -0.15) is 12.6 Å². The summed E-state index contributed by atoms with van der Waals surface area (Å²) in [7, 11) is 0. The van der Waals surface area contributed by atoms with Crippen LogP contribution in [0.5, 0.6) is 5.75 Å². The lowest BCUT2D eigenvalue weighted by Crippen LogP contribution is -2.19. The van der Waals surface area contributed by atoms with Gasteiger partial charge in [-0.3, -0.25) is 4.79 Å². The third-order valence-electron chi connectivity index (χ3n) is 2.37. The monoisotopic (exact) mass is 276 g/mol. The largest absolute Gasteiger partial charge is 0.507 e. The van der Waals surface area contributed by atoms with Crippen LogP contribution in [0, 0.1) is 0 Å². The molecule has 0 heterocycles. The fourth-order valence-electron chi connectivity index (χ4n) is 1.45. The normalized spacial score (nSPS) is 14.4. The highest BCUT2D eigenvalue weighted by Gasteiger charge is 2.22. The Morgan fingerprint density at radius 3 is 2.59 bits per heavy atom. The van der Waals surface area contributed by atoms with E-state index in [-0.39, 0.29) is 28.3 Å². The highest BCUT2D eigenvalue weighted by Crippen LogP contribution is 2.33. The maximum Gasteiger partial charge on any atom is 0.153 e. The lowest BCUT2D eigenvalue weighted by Gasteiger charge is -2.19. The molecule has 1 rings (SSSR count). The summed E-state index contributed by atoms with van der Waals surface area (Å²) in [4.78, 5) is 10.7. The first-order valence-electron chi connectivity index (χ1n) is 4.95. The summed E-state index contributed by atoms with van der Waals surface area (Å²) in [5, 5.41) is 29.4. The summed E-state index contributed by atoms with van der Waals surface area (Å²) < 4.78 is 0. The van der Waals surface area contributed by atoms with Gasteiger partial charge in [-0.1, -0.05) is 11.6 Å². The number of hydrogen-bond acceptors (Lipinski definition) is 5. The Morgan fingerprint density at radius 1 is 1.41 bits per heavy atom. The van der Waals surface area contributed by atoms with E-state index in [1.807, 2.05) is 0 Å². The predicted octanol–water partition coefficient (Wildman–Crippen LogP) is 1.57. The van der Waals surface area contributed by atoms with Crippen molar-refractivity contribution in [2.75, 3.05) is 5.75 Å². The number of halogens is 1. The lowest BCUT2D eigenvalue weighted by atomic mass is 9.99. The molecule has 1 aromatic carbocycles.